The highest BCUT2D eigenvalue weighted by atomic mass is 35.5. The maximum absolute atomic E-state index is 11.8. The molecule has 4 N–H and O–H groups in total. The Bertz CT molecular complexity index is 864. The van der Waals surface area contributed by atoms with E-state index in [4.69, 9.17) is 22.0 Å². The van der Waals surface area contributed by atoms with Gasteiger partial charge in [0.2, 0.25) is 0 Å². The van der Waals surface area contributed by atoms with Gasteiger partial charge in [-0.05, 0) is 0 Å². The highest BCUT2D eigenvalue weighted by Gasteiger charge is 2.25. The second-order valence-corrected chi connectivity index (χ2v) is 4.70. The van der Waals surface area contributed by atoms with Crippen molar-refractivity contribution in [3.63, 3.8) is 0 Å². The third-order valence-electron chi connectivity index (χ3n) is 3.13. The Morgan fingerprint density at radius 2 is 2.05 bits per heavy atom. The molecule has 0 radical (unpaired) electrons. The Hall–Kier alpha value is -2.55. The second-order valence-electron chi connectivity index (χ2n) is 4.35. The summed E-state index contributed by atoms with van der Waals surface area (Å²) in [6.07, 6.45) is 0. The summed E-state index contributed by atoms with van der Waals surface area (Å²) < 4.78 is 4.98. The Morgan fingerprint density at radius 3 is 2.73 bits per heavy atom. The molecule has 9 heteroatoms. The molecule has 1 amide bonds. The number of nitrogen functional groups attached to an aromatic ring is 1. The highest BCUT2D eigenvalue weighted by molar-refractivity contribution is 6.34. The topological polar surface area (TPSA) is 127 Å². The first kappa shape index (κ1) is 14.4. The predicted octanol–water partition coefficient (Wildman–Crippen LogP) is 1.03. The summed E-state index contributed by atoms with van der Waals surface area (Å²) >= 11 is 6.03. The smallest absolute Gasteiger partial charge is 0.288 e. The van der Waals surface area contributed by atoms with Crippen molar-refractivity contribution in [2.45, 2.75) is 6.61 Å². The Kier molecular flexibility index (Phi) is 3.72. The molecule has 2 aromatic heterocycles. The molecular formula is C13H10ClN5O3. The number of hydrogen-bond acceptors (Lipinski definition) is 7. The first-order valence-electron chi connectivity index (χ1n) is 6.19. The fourth-order valence-corrected chi connectivity index (χ4v) is 2.36. The van der Waals surface area contributed by atoms with Gasteiger partial charge in [-0.15, -0.1) is 10.2 Å². The molecule has 2 heterocycles. The molecule has 0 saturated heterocycles. The summed E-state index contributed by atoms with van der Waals surface area (Å²) in [6, 6.07) is 7.13. The maximum atomic E-state index is 11.8. The molecule has 22 heavy (non-hydrogen) atoms. The van der Waals surface area contributed by atoms with Crippen molar-refractivity contribution in [2.75, 3.05) is 0 Å². The Balaban J connectivity index is 2.35. The number of carbonyl (C=O) groups is 1. The SMILES string of the molecule is NNC(=O)c1noc(CO)c1-c1nnc(Cl)c2ccccc12. The van der Waals surface area contributed by atoms with Crippen molar-refractivity contribution in [2.24, 2.45) is 5.84 Å². The predicted molar refractivity (Wildman–Crippen MR) is 77.6 cm³/mol. The minimum Gasteiger partial charge on any atom is -0.388 e. The molecule has 0 aliphatic carbocycles. The lowest BCUT2D eigenvalue weighted by molar-refractivity contribution is 0.0944. The van der Waals surface area contributed by atoms with E-state index >= 15 is 0 Å². The summed E-state index contributed by atoms with van der Waals surface area (Å²) in [5, 5.41) is 22.5. The molecule has 0 atom stereocenters. The Morgan fingerprint density at radius 1 is 1.32 bits per heavy atom. The van der Waals surface area contributed by atoms with Gasteiger partial charge < -0.3 is 9.63 Å². The largest absolute Gasteiger partial charge is 0.388 e. The number of amides is 1. The van der Waals surface area contributed by atoms with Gasteiger partial charge >= 0.3 is 0 Å². The number of benzene rings is 1. The van der Waals surface area contributed by atoms with Crippen LogP contribution in [-0.2, 0) is 6.61 Å². The summed E-state index contributed by atoms with van der Waals surface area (Å²) in [4.78, 5) is 11.8. The fourth-order valence-electron chi connectivity index (χ4n) is 2.16. The van der Waals surface area contributed by atoms with Gasteiger partial charge in [0.1, 0.15) is 12.3 Å². The van der Waals surface area contributed by atoms with Crippen LogP contribution in [0.5, 0.6) is 0 Å². The molecule has 0 unspecified atom stereocenters. The zero-order valence-corrected chi connectivity index (χ0v) is 11.8. The van der Waals surface area contributed by atoms with Gasteiger partial charge in [-0.2, -0.15) is 0 Å². The minimum absolute atomic E-state index is 0.0837. The highest BCUT2D eigenvalue weighted by Crippen LogP contribution is 2.33. The standard InChI is InChI=1S/C13H10ClN5O3/c14-12-7-4-2-1-3-6(7)10(17-18-12)9-8(5-20)22-19-11(9)13(21)16-15/h1-4,20H,5,15H2,(H,16,21). The molecule has 0 aliphatic heterocycles. The lowest BCUT2D eigenvalue weighted by Gasteiger charge is -2.06. The minimum atomic E-state index is -0.667. The van der Waals surface area contributed by atoms with Crippen LogP contribution in [0.25, 0.3) is 22.0 Å². The first-order valence-corrected chi connectivity index (χ1v) is 6.56. The molecular weight excluding hydrogens is 310 g/mol. The molecule has 1 aromatic carbocycles. The van der Waals surface area contributed by atoms with Crippen molar-refractivity contribution >= 4 is 28.3 Å². The van der Waals surface area contributed by atoms with Gasteiger partial charge in [0.15, 0.2) is 16.6 Å². The van der Waals surface area contributed by atoms with E-state index in [1.165, 1.54) is 0 Å². The van der Waals surface area contributed by atoms with Crippen LogP contribution < -0.4 is 11.3 Å². The summed E-state index contributed by atoms with van der Waals surface area (Å²) in [5.74, 6) is 4.55. The van der Waals surface area contributed by atoms with Crippen LogP contribution in [0.3, 0.4) is 0 Å². The number of fused-ring (bicyclic) bond motifs is 1. The number of aliphatic hydroxyl groups excluding tert-OH is 1. The average Bonchev–Trinajstić information content (AvgIpc) is 2.98. The van der Waals surface area contributed by atoms with Crippen molar-refractivity contribution in [1.29, 1.82) is 0 Å². The van der Waals surface area contributed by atoms with Crippen LogP contribution in [-0.4, -0.2) is 26.4 Å². The van der Waals surface area contributed by atoms with E-state index in [1.54, 1.807) is 24.3 Å². The number of aromatic nitrogens is 3. The quantitative estimate of drug-likeness (QED) is 0.374. The lowest BCUT2D eigenvalue weighted by atomic mass is 10.0. The van der Waals surface area contributed by atoms with Crippen molar-refractivity contribution in [3.8, 4) is 11.3 Å². The number of halogens is 1. The summed E-state index contributed by atoms with van der Waals surface area (Å²) in [5.41, 5.74) is 2.43. The van der Waals surface area contributed by atoms with Crippen LogP contribution in [0.15, 0.2) is 28.8 Å². The van der Waals surface area contributed by atoms with E-state index in [-0.39, 0.29) is 22.2 Å². The van der Waals surface area contributed by atoms with Crippen LogP contribution in [0.1, 0.15) is 16.2 Å². The third-order valence-corrected chi connectivity index (χ3v) is 3.41. The normalized spacial score (nSPS) is 10.9. The average molecular weight is 320 g/mol. The van der Waals surface area contributed by atoms with E-state index in [0.717, 1.165) is 0 Å². The second kappa shape index (κ2) is 5.68. The summed E-state index contributed by atoms with van der Waals surface area (Å²) in [7, 11) is 0. The van der Waals surface area contributed by atoms with Crippen LogP contribution in [0.2, 0.25) is 5.15 Å². The number of carbonyl (C=O) groups excluding carboxylic acids is 1. The number of nitrogens with one attached hydrogen (secondary N) is 1. The maximum Gasteiger partial charge on any atom is 0.288 e. The molecule has 0 fully saturated rings. The Labute approximate surface area is 128 Å². The third kappa shape index (κ3) is 2.19. The van der Waals surface area contributed by atoms with Crippen molar-refractivity contribution in [1.82, 2.24) is 20.8 Å². The number of hydrazine groups is 1. The van der Waals surface area contributed by atoms with E-state index in [0.29, 0.717) is 16.5 Å². The van der Waals surface area contributed by atoms with Gasteiger partial charge in [-0.1, -0.05) is 41.0 Å². The molecule has 8 nitrogen and oxygen atoms in total. The molecule has 112 valence electrons. The number of nitrogens with two attached hydrogens (primary N) is 1. The molecule has 0 saturated carbocycles. The molecule has 3 rings (SSSR count). The first-order chi connectivity index (χ1) is 10.7. The number of hydrogen-bond donors (Lipinski definition) is 3. The number of rotatable bonds is 3. The van der Waals surface area contributed by atoms with E-state index in [2.05, 4.69) is 15.4 Å². The van der Waals surface area contributed by atoms with Gasteiger partial charge in [0.25, 0.3) is 5.91 Å². The number of nitrogens with zero attached hydrogens (tertiary/aromatic N) is 3. The molecule has 0 bridgehead atoms. The zero-order chi connectivity index (χ0) is 15.7. The van der Waals surface area contributed by atoms with Crippen LogP contribution in [0, 0.1) is 0 Å². The zero-order valence-electron chi connectivity index (χ0n) is 11.1. The summed E-state index contributed by atoms with van der Waals surface area (Å²) in [6.45, 7) is -0.460. The molecule has 3 aromatic rings. The van der Waals surface area contributed by atoms with Gasteiger partial charge in [0.05, 0.1) is 5.56 Å². The lowest BCUT2D eigenvalue weighted by Crippen LogP contribution is -2.30. The molecule has 0 spiro atoms. The van der Waals surface area contributed by atoms with E-state index < -0.39 is 12.5 Å². The van der Waals surface area contributed by atoms with E-state index in [9.17, 15) is 9.90 Å². The van der Waals surface area contributed by atoms with Crippen molar-refractivity contribution in [3.05, 3.63) is 40.9 Å². The van der Waals surface area contributed by atoms with Gasteiger partial charge in [0, 0.05) is 10.8 Å². The van der Waals surface area contributed by atoms with Crippen molar-refractivity contribution < 1.29 is 14.4 Å². The van der Waals surface area contributed by atoms with Crippen LogP contribution >= 0.6 is 11.6 Å². The fraction of sp³-hybridized carbons (Fsp3) is 0.0769. The molecule has 0 aliphatic rings. The van der Waals surface area contributed by atoms with Gasteiger partial charge in [-0.25, -0.2) is 5.84 Å². The van der Waals surface area contributed by atoms with Crippen LogP contribution in [0.4, 0.5) is 0 Å². The van der Waals surface area contributed by atoms with E-state index in [1.807, 2.05) is 5.43 Å². The monoisotopic (exact) mass is 319 g/mol. The number of aliphatic hydroxyl groups is 1. The van der Waals surface area contributed by atoms with Gasteiger partial charge in [-0.3, -0.25) is 10.2 Å².